The molecule has 0 aliphatic carbocycles. The zero-order valence-electron chi connectivity index (χ0n) is 5.71. The van der Waals surface area contributed by atoms with E-state index in [1.165, 1.54) is 21.1 Å². The molecule has 0 aromatic rings. The average Bonchev–Trinajstić information content (AvgIpc) is 1.87. The molecule has 4 nitrogen and oxygen atoms in total. The maximum absolute atomic E-state index is 10.5. The minimum atomic E-state index is -0.653. The molecule has 0 amide bonds. The number of carbonyl (C=O) groups is 1. The number of methoxy groups -OCH3 is 1. The molecule has 0 aliphatic heterocycles. The van der Waals surface area contributed by atoms with Crippen LogP contribution in [0.5, 0.6) is 0 Å². The molecule has 0 aromatic heterocycles. The molecule has 0 saturated heterocycles. The van der Waals surface area contributed by atoms with Crippen LogP contribution < -0.4 is 0 Å². The van der Waals surface area contributed by atoms with Gasteiger partial charge in [0.2, 0.25) is 0 Å². The summed E-state index contributed by atoms with van der Waals surface area (Å²) in [6.07, 6.45) is -0.653. The number of carbonyl (C=O) groups excluding carboxylic acids is 1. The smallest absolute Gasteiger partial charge is 0.338 e. The lowest BCUT2D eigenvalue weighted by Gasteiger charge is -2.05. The minimum absolute atomic E-state index is 0.447. The molecule has 0 fully saturated rings. The first kappa shape index (κ1) is 8.39. The molecule has 1 atom stereocenters. The Morgan fingerprint density at radius 3 is 2.33 bits per heavy atom. The van der Waals surface area contributed by atoms with Gasteiger partial charge in [0.05, 0.1) is 14.2 Å². The number of ether oxygens (including phenoxy) is 1. The summed E-state index contributed by atoms with van der Waals surface area (Å²) in [6.45, 7) is 1.54. The lowest BCUT2D eigenvalue weighted by atomic mass is 10.4. The van der Waals surface area contributed by atoms with Gasteiger partial charge < -0.3 is 4.74 Å². The van der Waals surface area contributed by atoms with Gasteiger partial charge in [-0.2, -0.15) is 0 Å². The zero-order valence-corrected chi connectivity index (χ0v) is 5.71. The SMILES string of the molecule is COO[C@@H](C)C(=O)OC. The largest absolute Gasteiger partial charge is 0.467 e. The Bertz CT molecular complexity index is 91.0. The second-order valence-corrected chi connectivity index (χ2v) is 1.43. The van der Waals surface area contributed by atoms with E-state index < -0.39 is 12.1 Å². The van der Waals surface area contributed by atoms with E-state index in [1.54, 1.807) is 0 Å². The summed E-state index contributed by atoms with van der Waals surface area (Å²) in [5.74, 6) is -0.447. The molecule has 0 rings (SSSR count). The monoisotopic (exact) mass is 134 g/mol. The number of rotatable bonds is 3. The van der Waals surface area contributed by atoms with Crippen LogP contribution in [0.25, 0.3) is 0 Å². The van der Waals surface area contributed by atoms with E-state index >= 15 is 0 Å². The molecule has 0 N–H and O–H groups in total. The van der Waals surface area contributed by atoms with Gasteiger partial charge in [-0.15, -0.1) is 0 Å². The summed E-state index contributed by atoms with van der Waals surface area (Å²) in [7, 11) is 2.62. The first-order valence-electron chi connectivity index (χ1n) is 2.49. The van der Waals surface area contributed by atoms with Crippen LogP contribution in [0.1, 0.15) is 6.92 Å². The summed E-state index contributed by atoms with van der Waals surface area (Å²) >= 11 is 0. The molecule has 54 valence electrons. The van der Waals surface area contributed by atoms with Crippen molar-refractivity contribution in [2.24, 2.45) is 0 Å². The van der Waals surface area contributed by atoms with Crippen LogP contribution in [0.2, 0.25) is 0 Å². The second kappa shape index (κ2) is 4.29. The summed E-state index contributed by atoms with van der Waals surface area (Å²) in [5, 5.41) is 0. The van der Waals surface area contributed by atoms with Gasteiger partial charge in [-0.1, -0.05) is 0 Å². The topological polar surface area (TPSA) is 44.8 Å². The fourth-order valence-corrected chi connectivity index (χ4v) is 0.350. The predicted octanol–water partition coefficient (Wildman–Crippen LogP) is 0.126. The van der Waals surface area contributed by atoms with Crippen molar-refractivity contribution >= 4 is 5.97 Å². The predicted molar refractivity (Wildman–Crippen MR) is 29.6 cm³/mol. The first-order valence-corrected chi connectivity index (χ1v) is 2.49. The summed E-state index contributed by atoms with van der Waals surface area (Å²) < 4.78 is 4.32. The molecular formula is C5H10O4. The van der Waals surface area contributed by atoms with Gasteiger partial charge in [-0.05, 0) is 6.92 Å². The Balaban J connectivity index is 3.45. The van der Waals surface area contributed by atoms with Gasteiger partial charge in [0, 0.05) is 0 Å². The lowest BCUT2D eigenvalue weighted by Crippen LogP contribution is -2.21. The maximum Gasteiger partial charge on any atom is 0.338 e. The van der Waals surface area contributed by atoms with Crippen molar-refractivity contribution in [1.82, 2.24) is 0 Å². The number of hydrogen-bond acceptors (Lipinski definition) is 4. The van der Waals surface area contributed by atoms with E-state index in [4.69, 9.17) is 0 Å². The number of esters is 1. The fourth-order valence-electron chi connectivity index (χ4n) is 0.350. The summed E-state index contributed by atoms with van der Waals surface area (Å²) in [6, 6.07) is 0. The Morgan fingerprint density at radius 1 is 1.44 bits per heavy atom. The van der Waals surface area contributed by atoms with Crippen LogP contribution in [0.3, 0.4) is 0 Å². The van der Waals surface area contributed by atoms with E-state index in [-0.39, 0.29) is 0 Å². The molecule has 0 bridgehead atoms. The molecule has 4 heteroatoms. The quantitative estimate of drug-likeness (QED) is 0.312. The second-order valence-electron chi connectivity index (χ2n) is 1.43. The Morgan fingerprint density at radius 2 is 2.00 bits per heavy atom. The van der Waals surface area contributed by atoms with E-state index in [2.05, 4.69) is 14.5 Å². The lowest BCUT2D eigenvalue weighted by molar-refractivity contribution is -0.297. The van der Waals surface area contributed by atoms with Crippen molar-refractivity contribution in [3.05, 3.63) is 0 Å². The van der Waals surface area contributed by atoms with E-state index in [0.717, 1.165) is 0 Å². The van der Waals surface area contributed by atoms with Crippen LogP contribution in [-0.2, 0) is 19.3 Å². The Kier molecular flexibility index (Phi) is 4.00. The molecule has 0 aromatic carbocycles. The Labute approximate surface area is 53.6 Å². The third kappa shape index (κ3) is 3.05. The number of hydrogen-bond donors (Lipinski definition) is 0. The highest BCUT2D eigenvalue weighted by atomic mass is 17.2. The molecule has 0 spiro atoms. The van der Waals surface area contributed by atoms with Crippen molar-refractivity contribution in [3.63, 3.8) is 0 Å². The molecule has 0 heterocycles. The van der Waals surface area contributed by atoms with Gasteiger partial charge in [0.25, 0.3) is 0 Å². The third-order valence-corrected chi connectivity index (χ3v) is 0.774. The van der Waals surface area contributed by atoms with Gasteiger partial charge in [-0.25, -0.2) is 14.6 Å². The Hall–Kier alpha value is -0.610. The highest BCUT2D eigenvalue weighted by Gasteiger charge is 2.12. The normalized spacial score (nSPS) is 12.8. The molecular weight excluding hydrogens is 124 g/mol. The van der Waals surface area contributed by atoms with Crippen LogP contribution >= 0.6 is 0 Å². The first-order chi connectivity index (χ1) is 4.22. The van der Waals surface area contributed by atoms with Crippen LogP contribution in [0, 0.1) is 0 Å². The van der Waals surface area contributed by atoms with Gasteiger partial charge in [0.1, 0.15) is 0 Å². The van der Waals surface area contributed by atoms with E-state index in [1.807, 2.05) is 0 Å². The van der Waals surface area contributed by atoms with Crippen molar-refractivity contribution in [1.29, 1.82) is 0 Å². The molecule has 0 aliphatic rings. The third-order valence-electron chi connectivity index (χ3n) is 0.774. The van der Waals surface area contributed by atoms with Crippen LogP contribution in [-0.4, -0.2) is 26.3 Å². The fraction of sp³-hybridized carbons (Fsp3) is 0.800. The van der Waals surface area contributed by atoms with Crippen molar-refractivity contribution in [2.45, 2.75) is 13.0 Å². The molecule has 0 unspecified atom stereocenters. The standard InChI is InChI=1S/C5H10O4/c1-4(9-8-3)5(6)7-2/h4H,1-3H3/t4-/m0/s1. The van der Waals surface area contributed by atoms with E-state index in [0.29, 0.717) is 0 Å². The molecule has 0 saturated carbocycles. The van der Waals surface area contributed by atoms with E-state index in [9.17, 15) is 4.79 Å². The summed E-state index contributed by atoms with van der Waals surface area (Å²) in [5.41, 5.74) is 0. The maximum atomic E-state index is 10.5. The van der Waals surface area contributed by atoms with Crippen molar-refractivity contribution in [2.75, 3.05) is 14.2 Å². The van der Waals surface area contributed by atoms with Crippen LogP contribution in [0.4, 0.5) is 0 Å². The van der Waals surface area contributed by atoms with Crippen molar-refractivity contribution < 1.29 is 19.3 Å². The van der Waals surface area contributed by atoms with Crippen molar-refractivity contribution in [3.8, 4) is 0 Å². The summed E-state index contributed by atoms with van der Waals surface area (Å²) in [4.78, 5) is 19.1. The van der Waals surface area contributed by atoms with Gasteiger partial charge >= 0.3 is 5.97 Å². The minimum Gasteiger partial charge on any atom is -0.467 e. The van der Waals surface area contributed by atoms with Gasteiger partial charge in [0.15, 0.2) is 6.10 Å². The van der Waals surface area contributed by atoms with Crippen LogP contribution in [0.15, 0.2) is 0 Å². The highest BCUT2D eigenvalue weighted by Crippen LogP contribution is 1.91. The molecule has 0 radical (unpaired) electrons. The average molecular weight is 134 g/mol. The van der Waals surface area contributed by atoms with Gasteiger partial charge in [-0.3, -0.25) is 0 Å². The highest BCUT2D eigenvalue weighted by molar-refractivity contribution is 5.73. The zero-order chi connectivity index (χ0) is 7.28. The molecule has 9 heavy (non-hydrogen) atoms.